The Morgan fingerprint density at radius 1 is 1.21 bits per heavy atom. The zero-order valence-electron chi connectivity index (χ0n) is 13.0. The fourth-order valence-electron chi connectivity index (χ4n) is 2.19. The monoisotopic (exact) mass is 342 g/mol. The summed E-state index contributed by atoms with van der Waals surface area (Å²) in [6.07, 6.45) is 0. The topological polar surface area (TPSA) is 64.4 Å². The van der Waals surface area contributed by atoms with E-state index in [1.807, 2.05) is 24.3 Å². The predicted octanol–water partition coefficient (Wildman–Crippen LogP) is 3.93. The third-order valence-corrected chi connectivity index (χ3v) is 3.69. The normalized spacial score (nSPS) is 10.4. The lowest BCUT2D eigenvalue weighted by Gasteiger charge is -2.03. The van der Waals surface area contributed by atoms with Crippen molar-refractivity contribution in [3.63, 3.8) is 0 Å². The van der Waals surface area contributed by atoms with Crippen LogP contribution >= 0.6 is 11.6 Å². The van der Waals surface area contributed by atoms with E-state index in [0.717, 1.165) is 11.3 Å². The fraction of sp³-hybridized carbons (Fsp3) is 0.111. The Morgan fingerprint density at radius 2 is 2.00 bits per heavy atom. The number of halogens is 1. The van der Waals surface area contributed by atoms with Gasteiger partial charge in [-0.25, -0.2) is 0 Å². The first kappa shape index (κ1) is 16.1. The van der Waals surface area contributed by atoms with E-state index < -0.39 is 0 Å². The summed E-state index contributed by atoms with van der Waals surface area (Å²) < 4.78 is 10.4. The average Bonchev–Trinajstić information content (AvgIpc) is 3.09. The first-order valence-electron chi connectivity index (χ1n) is 7.29. The molecule has 24 heavy (non-hydrogen) atoms. The summed E-state index contributed by atoms with van der Waals surface area (Å²) in [6, 6.07) is 16.0. The number of amides is 1. The highest BCUT2D eigenvalue weighted by atomic mass is 35.5. The van der Waals surface area contributed by atoms with Crippen LogP contribution in [-0.2, 0) is 6.54 Å². The lowest BCUT2D eigenvalue weighted by molar-refractivity contribution is 0.0950. The van der Waals surface area contributed by atoms with Gasteiger partial charge in [0.1, 0.15) is 11.4 Å². The lowest BCUT2D eigenvalue weighted by atomic mass is 10.1. The summed E-state index contributed by atoms with van der Waals surface area (Å²) >= 11 is 5.88. The molecule has 0 saturated heterocycles. The predicted molar refractivity (Wildman–Crippen MR) is 91.1 cm³/mol. The van der Waals surface area contributed by atoms with Crippen molar-refractivity contribution in [1.82, 2.24) is 10.5 Å². The second-order valence-corrected chi connectivity index (χ2v) is 5.54. The first-order valence-corrected chi connectivity index (χ1v) is 7.67. The van der Waals surface area contributed by atoms with Gasteiger partial charge >= 0.3 is 0 Å². The molecule has 1 aromatic heterocycles. The molecule has 0 aliphatic rings. The summed E-state index contributed by atoms with van der Waals surface area (Å²) in [5.74, 6) is 1.18. The van der Waals surface area contributed by atoms with Gasteiger partial charge in [-0.15, -0.1) is 0 Å². The van der Waals surface area contributed by atoms with Crippen LogP contribution in [-0.4, -0.2) is 18.2 Å². The number of rotatable bonds is 5. The Hall–Kier alpha value is -2.79. The van der Waals surface area contributed by atoms with E-state index >= 15 is 0 Å². The summed E-state index contributed by atoms with van der Waals surface area (Å²) in [7, 11) is 1.62. The highest BCUT2D eigenvalue weighted by Crippen LogP contribution is 2.23. The van der Waals surface area contributed by atoms with Crippen LogP contribution in [0.3, 0.4) is 0 Å². The van der Waals surface area contributed by atoms with Gasteiger partial charge in [0.2, 0.25) is 0 Å². The molecule has 122 valence electrons. The number of aromatic nitrogens is 1. The maximum atomic E-state index is 12.1. The van der Waals surface area contributed by atoms with Crippen LogP contribution in [0.2, 0.25) is 5.02 Å². The molecule has 0 unspecified atom stereocenters. The highest BCUT2D eigenvalue weighted by Gasteiger charge is 2.10. The number of nitrogens with one attached hydrogen (secondary N) is 1. The molecule has 0 spiro atoms. The van der Waals surface area contributed by atoms with Gasteiger partial charge in [0.25, 0.3) is 5.91 Å². The van der Waals surface area contributed by atoms with E-state index in [-0.39, 0.29) is 12.5 Å². The first-order chi connectivity index (χ1) is 11.7. The molecule has 1 N–H and O–H groups in total. The quantitative estimate of drug-likeness (QED) is 0.763. The Balaban J connectivity index is 1.64. The van der Waals surface area contributed by atoms with Crippen molar-refractivity contribution in [2.75, 3.05) is 7.11 Å². The molecule has 0 saturated carbocycles. The highest BCUT2D eigenvalue weighted by molar-refractivity contribution is 6.30. The SMILES string of the molecule is COc1ccc(-c2cc(CNC(=O)c3cccc(Cl)c3)no2)cc1. The number of carbonyl (C=O) groups is 1. The maximum absolute atomic E-state index is 12.1. The van der Waals surface area contributed by atoms with Gasteiger partial charge in [-0.05, 0) is 42.5 Å². The molecule has 0 aliphatic heterocycles. The summed E-state index contributed by atoms with van der Waals surface area (Å²) in [5.41, 5.74) is 2.02. The summed E-state index contributed by atoms with van der Waals surface area (Å²) in [5, 5.41) is 7.28. The van der Waals surface area contributed by atoms with Crippen LogP contribution in [0.4, 0.5) is 0 Å². The molecule has 3 aromatic rings. The van der Waals surface area contributed by atoms with Gasteiger partial charge in [0.15, 0.2) is 5.76 Å². The largest absolute Gasteiger partial charge is 0.497 e. The van der Waals surface area contributed by atoms with Crippen molar-refractivity contribution in [1.29, 1.82) is 0 Å². The number of nitrogens with zero attached hydrogens (tertiary/aromatic N) is 1. The Bertz CT molecular complexity index is 843. The zero-order chi connectivity index (χ0) is 16.9. The van der Waals surface area contributed by atoms with E-state index in [9.17, 15) is 4.79 Å². The Morgan fingerprint density at radius 3 is 2.71 bits per heavy atom. The van der Waals surface area contributed by atoms with E-state index in [1.54, 1.807) is 37.4 Å². The third kappa shape index (κ3) is 3.75. The van der Waals surface area contributed by atoms with Crippen LogP contribution < -0.4 is 10.1 Å². The smallest absolute Gasteiger partial charge is 0.251 e. The zero-order valence-corrected chi connectivity index (χ0v) is 13.7. The number of carbonyl (C=O) groups excluding carboxylic acids is 1. The minimum atomic E-state index is -0.216. The molecular formula is C18H15ClN2O3. The standard InChI is InChI=1S/C18H15ClN2O3/c1-23-16-7-5-12(6-8-16)17-10-15(21-24-17)11-20-18(22)13-3-2-4-14(19)9-13/h2-10H,11H2,1H3,(H,20,22). The van der Waals surface area contributed by atoms with Gasteiger partial charge in [0.05, 0.1) is 13.7 Å². The summed E-state index contributed by atoms with van der Waals surface area (Å²) in [6.45, 7) is 0.269. The van der Waals surface area contributed by atoms with Crippen LogP contribution in [0, 0.1) is 0 Å². The number of ether oxygens (including phenoxy) is 1. The second kappa shape index (κ2) is 7.19. The number of benzene rings is 2. The van der Waals surface area contributed by atoms with Crippen LogP contribution in [0.5, 0.6) is 5.75 Å². The molecule has 5 nitrogen and oxygen atoms in total. The number of hydrogen-bond acceptors (Lipinski definition) is 4. The van der Waals surface area contributed by atoms with Gasteiger partial charge in [-0.1, -0.05) is 22.8 Å². The molecule has 2 aromatic carbocycles. The number of hydrogen-bond donors (Lipinski definition) is 1. The average molecular weight is 343 g/mol. The molecule has 0 fully saturated rings. The molecule has 0 atom stereocenters. The van der Waals surface area contributed by atoms with Gasteiger partial charge in [-0.3, -0.25) is 4.79 Å². The minimum absolute atomic E-state index is 0.216. The molecule has 6 heteroatoms. The maximum Gasteiger partial charge on any atom is 0.251 e. The fourth-order valence-corrected chi connectivity index (χ4v) is 2.38. The van der Waals surface area contributed by atoms with E-state index in [4.69, 9.17) is 20.9 Å². The summed E-state index contributed by atoms with van der Waals surface area (Å²) in [4.78, 5) is 12.1. The van der Waals surface area contributed by atoms with Crippen molar-refractivity contribution in [2.24, 2.45) is 0 Å². The molecule has 1 amide bonds. The van der Waals surface area contributed by atoms with Crippen LogP contribution in [0.1, 0.15) is 16.1 Å². The van der Waals surface area contributed by atoms with Crippen molar-refractivity contribution >= 4 is 17.5 Å². The Labute approximate surface area is 144 Å². The Kier molecular flexibility index (Phi) is 4.82. The second-order valence-electron chi connectivity index (χ2n) is 5.10. The van der Waals surface area contributed by atoms with Crippen molar-refractivity contribution in [3.05, 3.63) is 70.9 Å². The molecule has 0 aliphatic carbocycles. The van der Waals surface area contributed by atoms with E-state index in [0.29, 0.717) is 22.0 Å². The molecule has 0 bridgehead atoms. The third-order valence-electron chi connectivity index (χ3n) is 3.45. The van der Waals surface area contributed by atoms with Gasteiger partial charge in [-0.2, -0.15) is 0 Å². The van der Waals surface area contributed by atoms with Crippen molar-refractivity contribution < 1.29 is 14.1 Å². The molecule has 0 radical (unpaired) electrons. The van der Waals surface area contributed by atoms with Crippen LogP contribution in [0.15, 0.2) is 59.1 Å². The van der Waals surface area contributed by atoms with Gasteiger partial charge < -0.3 is 14.6 Å². The molecule has 3 rings (SSSR count). The number of methoxy groups -OCH3 is 1. The molecular weight excluding hydrogens is 328 g/mol. The van der Waals surface area contributed by atoms with Crippen LogP contribution in [0.25, 0.3) is 11.3 Å². The minimum Gasteiger partial charge on any atom is -0.497 e. The van der Waals surface area contributed by atoms with E-state index in [1.165, 1.54) is 0 Å². The van der Waals surface area contributed by atoms with Crippen molar-refractivity contribution in [2.45, 2.75) is 6.54 Å². The molecule has 1 heterocycles. The lowest BCUT2D eigenvalue weighted by Crippen LogP contribution is -2.22. The van der Waals surface area contributed by atoms with Gasteiger partial charge in [0, 0.05) is 22.2 Å². The van der Waals surface area contributed by atoms with E-state index in [2.05, 4.69) is 10.5 Å². The van der Waals surface area contributed by atoms with Crippen molar-refractivity contribution in [3.8, 4) is 17.1 Å².